The van der Waals surface area contributed by atoms with Crippen molar-refractivity contribution in [3.63, 3.8) is 0 Å². The monoisotopic (exact) mass is 482 g/mol. The zero-order valence-corrected chi connectivity index (χ0v) is 20.3. The molecule has 3 N–H and O–H groups in total. The number of likely N-dealkylation sites (tertiary alicyclic amines) is 1. The molecule has 36 heavy (non-hydrogen) atoms. The van der Waals surface area contributed by atoms with Crippen molar-refractivity contribution in [2.24, 2.45) is 4.99 Å². The van der Waals surface area contributed by atoms with Gasteiger partial charge in [0, 0.05) is 34.9 Å². The molecule has 0 amide bonds. The van der Waals surface area contributed by atoms with E-state index in [1.165, 1.54) is 24.8 Å². The number of hydrogen-bond acceptors (Lipinski definition) is 6. The van der Waals surface area contributed by atoms with Gasteiger partial charge in [-0.1, -0.05) is 18.6 Å². The molecule has 1 saturated heterocycles. The summed E-state index contributed by atoms with van der Waals surface area (Å²) in [6.07, 6.45) is 5.48. The SMILES string of the molecule is COc1ccc(Nc2ccc3c(=O)[nH]c(O)c(C=Nc4ccc(CN5CCCCC5)cc4)c3c2)cc1. The third-order valence-corrected chi connectivity index (χ3v) is 6.55. The number of ether oxygens (including phenoxy) is 1. The molecule has 0 aliphatic carbocycles. The van der Waals surface area contributed by atoms with E-state index < -0.39 is 0 Å². The van der Waals surface area contributed by atoms with Crippen LogP contribution in [0.25, 0.3) is 10.8 Å². The molecule has 7 nitrogen and oxygen atoms in total. The number of anilines is 2. The molecule has 0 bridgehead atoms. The number of aromatic amines is 1. The molecule has 184 valence electrons. The Kier molecular flexibility index (Phi) is 7.00. The molecule has 3 aromatic carbocycles. The average molecular weight is 483 g/mol. The maximum atomic E-state index is 12.5. The first-order valence-electron chi connectivity index (χ1n) is 12.2. The van der Waals surface area contributed by atoms with Gasteiger partial charge in [0.05, 0.1) is 18.4 Å². The van der Waals surface area contributed by atoms with Gasteiger partial charge in [-0.2, -0.15) is 0 Å². The topological polar surface area (TPSA) is 89.9 Å². The number of benzene rings is 3. The van der Waals surface area contributed by atoms with E-state index in [0.717, 1.165) is 42.4 Å². The lowest BCUT2D eigenvalue weighted by atomic mass is 10.1. The third kappa shape index (κ3) is 5.42. The molecular formula is C29H30N4O3. The van der Waals surface area contributed by atoms with Crippen LogP contribution in [0.4, 0.5) is 17.1 Å². The number of H-pyrrole nitrogens is 1. The highest BCUT2D eigenvalue weighted by Gasteiger charge is 2.12. The molecule has 1 fully saturated rings. The van der Waals surface area contributed by atoms with Crippen LogP contribution in [0.2, 0.25) is 0 Å². The lowest BCUT2D eigenvalue weighted by Crippen LogP contribution is -2.28. The summed E-state index contributed by atoms with van der Waals surface area (Å²) >= 11 is 0. The summed E-state index contributed by atoms with van der Waals surface area (Å²) in [5, 5.41) is 15.0. The minimum absolute atomic E-state index is 0.209. The number of aliphatic imine (C=N–C) groups is 1. The van der Waals surface area contributed by atoms with Crippen LogP contribution >= 0.6 is 0 Å². The Morgan fingerprint density at radius 2 is 1.69 bits per heavy atom. The summed E-state index contributed by atoms with van der Waals surface area (Å²) in [5.41, 5.74) is 3.82. The highest BCUT2D eigenvalue weighted by Crippen LogP contribution is 2.27. The Morgan fingerprint density at radius 3 is 2.42 bits per heavy atom. The van der Waals surface area contributed by atoms with Crippen molar-refractivity contribution in [1.29, 1.82) is 0 Å². The van der Waals surface area contributed by atoms with E-state index in [0.29, 0.717) is 16.3 Å². The van der Waals surface area contributed by atoms with E-state index in [-0.39, 0.29) is 11.4 Å². The number of aromatic nitrogens is 1. The number of aromatic hydroxyl groups is 1. The van der Waals surface area contributed by atoms with Crippen molar-refractivity contribution < 1.29 is 9.84 Å². The Bertz CT molecular complexity index is 1420. The number of hydrogen-bond donors (Lipinski definition) is 3. The van der Waals surface area contributed by atoms with Crippen LogP contribution in [-0.4, -0.2) is 41.4 Å². The maximum absolute atomic E-state index is 12.5. The van der Waals surface area contributed by atoms with E-state index in [4.69, 9.17) is 4.74 Å². The number of methoxy groups -OCH3 is 1. The lowest BCUT2D eigenvalue weighted by molar-refractivity contribution is 0.221. The quantitative estimate of drug-likeness (QED) is 0.293. The van der Waals surface area contributed by atoms with Gasteiger partial charge in [-0.05, 0) is 86.1 Å². The first-order chi connectivity index (χ1) is 17.6. The van der Waals surface area contributed by atoms with Crippen LogP contribution in [0, 0.1) is 0 Å². The third-order valence-electron chi connectivity index (χ3n) is 6.55. The molecule has 0 saturated carbocycles. The minimum Gasteiger partial charge on any atom is -0.497 e. The Labute approximate surface area is 210 Å². The standard InChI is InChI=1S/C29H30N4O3/c1-36-24-12-9-22(10-13-24)31-23-11-14-25-26(17-23)27(29(35)32-28(25)34)18-30-21-7-5-20(6-8-21)19-33-15-3-2-4-16-33/h5-14,17-18,31H,2-4,15-16,19H2,1H3,(H2,32,34,35). The van der Waals surface area contributed by atoms with Crippen molar-refractivity contribution in [3.05, 3.63) is 88.2 Å². The van der Waals surface area contributed by atoms with Gasteiger partial charge in [0.1, 0.15) is 5.75 Å². The van der Waals surface area contributed by atoms with Crippen molar-refractivity contribution in [1.82, 2.24) is 9.88 Å². The van der Waals surface area contributed by atoms with Gasteiger partial charge in [-0.3, -0.25) is 19.7 Å². The van der Waals surface area contributed by atoms with E-state index in [1.54, 1.807) is 19.4 Å². The zero-order valence-electron chi connectivity index (χ0n) is 20.3. The number of rotatable bonds is 7. The molecule has 1 aromatic heterocycles. The molecule has 1 aliphatic rings. The highest BCUT2D eigenvalue weighted by molar-refractivity contribution is 6.03. The number of nitrogens with one attached hydrogen (secondary N) is 2. The first-order valence-corrected chi connectivity index (χ1v) is 12.2. The number of piperidine rings is 1. The fraction of sp³-hybridized carbons (Fsp3) is 0.241. The maximum Gasteiger partial charge on any atom is 0.258 e. The van der Waals surface area contributed by atoms with Crippen molar-refractivity contribution in [2.45, 2.75) is 25.8 Å². The predicted octanol–water partition coefficient (Wildman–Crippen LogP) is 5.72. The largest absolute Gasteiger partial charge is 0.497 e. The number of fused-ring (bicyclic) bond motifs is 1. The smallest absolute Gasteiger partial charge is 0.258 e. The molecule has 0 radical (unpaired) electrons. The second-order valence-corrected chi connectivity index (χ2v) is 9.09. The van der Waals surface area contributed by atoms with E-state index in [1.807, 2.05) is 48.5 Å². The van der Waals surface area contributed by atoms with Crippen LogP contribution in [-0.2, 0) is 6.54 Å². The molecule has 2 heterocycles. The van der Waals surface area contributed by atoms with E-state index in [9.17, 15) is 9.90 Å². The van der Waals surface area contributed by atoms with Gasteiger partial charge in [-0.15, -0.1) is 0 Å². The first kappa shape index (κ1) is 23.6. The van der Waals surface area contributed by atoms with Crippen molar-refractivity contribution in [3.8, 4) is 11.6 Å². The van der Waals surface area contributed by atoms with Crippen molar-refractivity contribution in [2.75, 3.05) is 25.5 Å². The molecule has 0 spiro atoms. The van der Waals surface area contributed by atoms with Gasteiger partial charge in [0.2, 0.25) is 5.88 Å². The van der Waals surface area contributed by atoms with Crippen LogP contribution in [0.15, 0.2) is 76.5 Å². The van der Waals surface area contributed by atoms with Crippen LogP contribution < -0.4 is 15.6 Å². The normalized spacial score (nSPS) is 14.4. The second kappa shape index (κ2) is 10.7. The van der Waals surface area contributed by atoms with Crippen molar-refractivity contribution >= 4 is 34.0 Å². The summed E-state index contributed by atoms with van der Waals surface area (Å²) in [5.74, 6) is 0.563. The minimum atomic E-state index is -0.349. The number of pyridine rings is 1. The fourth-order valence-corrected chi connectivity index (χ4v) is 4.59. The van der Waals surface area contributed by atoms with Crippen LogP contribution in [0.5, 0.6) is 11.6 Å². The van der Waals surface area contributed by atoms with Gasteiger partial charge in [-0.25, -0.2) is 0 Å². The fourth-order valence-electron chi connectivity index (χ4n) is 4.59. The number of nitrogens with zero attached hydrogens (tertiary/aromatic N) is 2. The molecule has 5 rings (SSSR count). The highest BCUT2D eigenvalue weighted by atomic mass is 16.5. The summed E-state index contributed by atoms with van der Waals surface area (Å²) in [4.78, 5) is 22.1. The van der Waals surface area contributed by atoms with Gasteiger partial charge in [0.25, 0.3) is 5.56 Å². The molecule has 0 unspecified atom stereocenters. The summed E-state index contributed by atoms with van der Waals surface area (Å²) < 4.78 is 5.21. The zero-order chi connectivity index (χ0) is 24.9. The predicted molar refractivity (Wildman–Crippen MR) is 145 cm³/mol. The van der Waals surface area contributed by atoms with Crippen LogP contribution in [0.3, 0.4) is 0 Å². The van der Waals surface area contributed by atoms with Crippen LogP contribution in [0.1, 0.15) is 30.4 Å². The lowest BCUT2D eigenvalue weighted by Gasteiger charge is -2.26. The Hall–Kier alpha value is -4.10. The molecular weight excluding hydrogens is 452 g/mol. The molecule has 1 aliphatic heterocycles. The molecule has 4 aromatic rings. The molecule has 7 heteroatoms. The van der Waals surface area contributed by atoms with E-state index >= 15 is 0 Å². The van der Waals surface area contributed by atoms with Gasteiger partial charge in [0.15, 0.2) is 0 Å². The van der Waals surface area contributed by atoms with Gasteiger partial charge < -0.3 is 15.2 Å². The second-order valence-electron chi connectivity index (χ2n) is 9.09. The molecule has 0 atom stereocenters. The average Bonchev–Trinajstić information content (AvgIpc) is 2.90. The summed E-state index contributed by atoms with van der Waals surface area (Å²) in [6, 6.07) is 21.2. The van der Waals surface area contributed by atoms with E-state index in [2.05, 4.69) is 32.3 Å². The summed E-state index contributed by atoms with van der Waals surface area (Å²) in [6.45, 7) is 3.28. The van der Waals surface area contributed by atoms with Gasteiger partial charge >= 0.3 is 0 Å². The summed E-state index contributed by atoms with van der Waals surface area (Å²) in [7, 11) is 1.63. The Balaban J connectivity index is 1.39. The Morgan fingerprint density at radius 1 is 0.972 bits per heavy atom.